The Labute approximate surface area is 203 Å². The molecule has 4 rings (SSSR count). The van der Waals surface area contributed by atoms with Gasteiger partial charge in [0.25, 0.3) is 0 Å². The monoisotopic (exact) mass is 505 g/mol. The first-order valence-electron chi connectivity index (χ1n) is 11.6. The van der Waals surface area contributed by atoms with E-state index < -0.39 is 15.4 Å². The number of amides is 2. The van der Waals surface area contributed by atoms with Gasteiger partial charge in [0.1, 0.15) is 15.4 Å². The van der Waals surface area contributed by atoms with E-state index in [1.807, 2.05) is 6.92 Å². The average Bonchev–Trinajstić information content (AvgIpc) is 3.44. The summed E-state index contributed by atoms with van der Waals surface area (Å²) in [6.07, 6.45) is 6.04. The quantitative estimate of drug-likeness (QED) is 0.397. The minimum atomic E-state index is -3.01. The molecule has 1 fully saturated rings. The number of carbonyl (C=O) groups excluding carboxylic acids is 2. The van der Waals surface area contributed by atoms with Gasteiger partial charge in [0.2, 0.25) is 11.8 Å². The summed E-state index contributed by atoms with van der Waals surface area (Å²) in [5.41, 5.74) is 4.39. The zero-order valence-electron chi connectivity index (χ0n) is 20.1. The summed E-state index contributed by atoms with van der Waals surface area (Å²) in [6.45, 7) is 2.62. The van der Waals surface area contributed by atoms with Crippen molar-refractivity contribution in [3.63, 3.8) is 0 Å². The molecule has 0 atom stereocenters. The number of rotatable bonds is 8. The van der Waals surface area contributed by atoms with Gasteiger partial charge < -0.3 is 16.0 Å². The van der Waals surface area contributed by atoms with Crippen LogP contribution < -0.4 is 21.4 Å². The van der Waals surface area contributed by atoms with E-state index in [1.165, 1.54) is 14.1 Å². The lowest BCUT2D eigenvalue weighted by Crippen LogP contribution is -2.40. The summed E-state index contributed by atoms with van der Waals surface area (Å²) in [5, 5.41) is 13.9. The standard InChI is InChI=1S/C22H31N7O5S/c1-4-29-21-16(13-26-29)20(27-14-5-7-35(32,33)8-6-14)15(12-25-21)17-9-22(34-28-17,10-18(30)23-2)11-19(31)24-3/h9,12-14,28H,4-8,10-11H2,1-3H3,(H,23,30)(H,24,31)(H,25,27). The molecule has 2 aliphatic heterocycles. The third-order valence-electron chi connectivity index (χ3n) is 6.41. The second-order valence-corrected chi connectivity index (χ2v) is 11.1. The number of hydroxylamine groups is 1. The van der Waals surface area contributed by atoms with Crippen LogP contribution in [0, 0.1) is 0 Å². The maximum atomic E-state index is 12.2. The normalized spacial score (nSPS) is 19.1. The summed E-state index contributed by atoms with van der Waals surface area (Å²) in [7, 11) is 0.0448. The van der Waals surface area contributed by atoms with Crippen molar-refractivity contribution in [2.24, 2.45) is 0 Å². The van der Waals surface area contributed by atoms with E-state index in [-0.39, 0.29) is 42.2 Å². The Kier molecular flexibility index (Phi) is 6.99. The number of aromatic nitrogens is 3. The van der Waals surface area contributed by atoms with E-state index in [0.717, 1.165) is 11.1 Å². The number of sulfone groups is 1. The summed E-state index contributed by atoms with van der Waals surface area (Å²) < 4.78 is 25.6. The lowest BCUT2D eigenvalue weighted by Gasteiger charge is -2.25. The van der Waals surface area contributed by atoms with E-state index in [9.17, 15) is 18.0 Å². The third kappa shape index (κ3) is 5.25. The van der Waals surface area contributed by atoms with Crippen LogP contribution in [0.15, 0.2) is 18.5 Å². The first-order chi connectivity index (χ1) is 16.7. The Hall–Kier alpha value is -3.19. The molecular formula is C22H31N7O5S. The fourth-order valence-electron chi connectivity index (χ4n) is 4.42. The number of aryl methyl sites for hydroxylation is 1. The highest BCUT2D eigenvalue weighted by Gasteiger charge is 2.40. The molecule has 0 saturated carbocycles. The molecule has 0 bridgehead atoms. The highest BCUT2D eigenvalue weighted by molar-refractivity contribution is 7.91. The summed E-state index contributed by atoms with van der Waals surface area (Å²) in [4.78, 5) is 34.9. The van der Waals surface area contributed by atoms with Crippen molar-refractivity contribution in [2.75, 3.05) is 30.9 Å². The fourth-order valence-corrected chi connectivity index (χ4v) is 5.92. The van der Waals surface area contributed by atoms with Gasteiger partial charge in [-0.25, -0.2) is 18.1 Å². The summed E-state index contributed by atoms with van der Waals surface area (Å²) in [5.74, 6) is -0.276. The second-order valence-electron chi connectivity index (χ2n) is 8.84. The van der Waals surface area contributed by atoms with Gasteiger partial charge in [-0.3, -0.25) is 19.9 Å². The van der Waals surface area contributed by atoms with Gasteiger partial charge in [-0.2, -0.15) is 5.10 Å². The van der Waals surface area contributed by atoms with Crippen molar-refractivity contribution in [3.8, 4) is 0 Å². The van der Waals surface area contributed by atoms with Gasteiger partial charge in [0.05, 0.1) is 47.3 Å². The molecule has 1 saturated heterocycles. The molecule has 190 valence electrons. The first kappa shape index (κ1) is 24.9. The lowest BCUT2D eigenvalue weighted by molar-refractivity contribution is -0.133. The molecule has 0 unspecified atom stereocenters. The molecule has 13 heteroatoms. The van der Waals surface area contributed by atoms with E-state index in [0.29, 0.717) is 36.3 Å². The lowest BCUT2D eigenvalue weighted by atomic mass is 9.92. The van der Waals surface area contributed by atoms with Gasteiger partial charge in [-0.15, -0.1) is 0 Å². The second kappa shape index (κ2) is 9.82. The molecular weight excluding hydrogens is 474 g/mol. The number of nitrogens with zero attached hydrogens (tertiary/aromatic N) is 3. The molecule has 2 aliphatic rings. The van der Waals surface area contributed by atoms with Crippen molar-refractivity contribution in [3.05, 3.63) is 24.0 Å². The Balaban J connectivity index is 1.75. The predicted octanol–water partition coefficient (Wildman–Crippen LogP) is 0.327. The molecule has 0 spiro atoms. The van der Waals surface area contributed by atoms with Gasteiger partial charge in [-0.05, 0) is 25.8 Å². The van der Waals surface area contributed by atoms with Crippen molar-refractivity contribution in [1.29, 1.82) is 0 Å². The van der Waals surface area contributed by atoms with Crippen molar-refractivity contribution >= 4 is 44.1 Å². The fraction of sp³-hybridized carbons (Fsp3) is 0.545. The molecule has 2 aromatic rings. The SMILES string of the molecule is CCn1ncc2c(NC3CCS(=O)(=O)CC3)c(C3=CC(CC(=O)NC)(CC(=O)NC)ON3)cnc21. The van der Waals surface area contributed by atoms with E-state index in [4.69, 9.17) is 4.84 Å². The van der Waals surface area contributed by atoms with Crippen LogP contribution in [0.5, 0.6) is 0 Å². The number of nitrogens with one attached hydrogen (secondary N) is 4. The largest absolute Gasteiger partial charge is 0.381 e. The van der Waals surface area contributed by atoms with Crippen molar-refractivity contribution < 1.29 is 22.8 Å². The van der Waals surface area contributed by atoms with Crippen LogP contribution in [-0.2, 0) is 30.8 Å². The number of hydrogen-bond acceptors (Lipinski definition) is 9. The number of anilines is 1. The van der Waals surface area contributed by atoms with Crippen molar-refractivity contribution in [2.45, 2.75) is 50.8 Å². The molecule has 0 aromatic carbocycles. The van der Waals surface area contributed by atoms with Crippen LogP contribution in [0.2, 0.25) is 0 Å². The summed E-state index contributed by atoms with van der Waals surface area (Å²) in [6, 6.07) is -0.0442. The Morgan fingerprint density at radius 2 is 1.83 bits per heavy atom. The molecule has 4 N–H and O–H groups in total. The highest BCUT2D eigenvalue weighted by Crippen LogP contribution is 2.37. The van der Waals surface area contributed by atoms with Crippen LogP contribution in [0.25, 0.3) is 16.7 Å². The molecule has 4 heterocycles. The van der Waals surface area contributed by atoms with Gasteiger partial charge >= 0.3 is 0 Å². The zero-order valence-corrected chi connectivity index (χ0v) is 20.9. The maximum absolute atomic E-state index is 12.2. The molecule has 12 nitrogen and oxygen atoms in total. The smallest absolute Gasteiger partial charge is 0.223 e. The predicted molar refractivity (Wildman–Crippen MR) is 131 cm³/mol. The first-order valence-corrected chi connectivity index (χ1v) is 13.4. The molecule has 2 amide bonds. The molecule has 0 radical (unpaired) electrons. The van der Waals surface area contributed by atoms with E-state index in [2.05, 4.69) is 31.5 Å². The number of carbonyl (C=O) groups is 2. The maximum Gasteiger partial charge on any atom is 0.223 e. The Morgan fingerprint density at radius 1 is 1.17 bits per heavy atom. The zero-order chi connectivity index (χ0) is 25.2. The average molecular weight is 506 g/mol. The topological polar surface area (TPSA) is 156 Å². The molecule has 35 heavy (non-hydrogen) atoms. The number of hydrogen-bond donors (Lipinski definition) is 4. The van der Waals surface area contributed by atoms with Crippen LogP contribution in [0.4, 0.5) is 5.69 Å². The van der Waals surface area contributed by atoms with Gasteiger partial charge in [0, 0.05) is 38.4 Å². The highest BCUT2D eigenvalue weighted by atomic mass is 32.2. The van der Waals surface area contributed by atoms with Gasteiger partial charge in [-0.1, -0.05) is 0 Å². The van der Waals surface area contributed by atoms with E-state index in [1.54, 1.807) is 23.2 Å². The van der Waals surface area contributed by atoms with Crippen LogP contribution >= 0.6 is 0 Å². The number of pyridine rings is 1. The van der Waals surface area contributed by atoms with Crippen LogP contribution in [0.3, 0.4) is 0 Å². The van der Waals surface area contributed by atoms with Gasteiger partial charge in [0.15, 0.2) is 5.65 Å². The molecule has 2 aromatic heterocycles. The van der Waals surface area contributed by atoms with Crippen LogP contribution in [0.1, 0.15) is 38.2 Å². The third-order valence-corrected chi connectivity index (χ3v) is 8.12. The van der Waals surface area contributed by atoms with E-state index >= 15 is 0 Å². The Bertz CT molecular complexity index is 1240. The minimum Gasteiger partial charge on any atom is -0.381 e. The van der Waals surface area contributed by atoms with Crippen LogP contribution in [-0.4, -0.2) is 72.2 Å². The number of fused-ring (bicyclic) bond motifs is 1. The minimum absolute atomic E-state index is 0.0442. The summed E-state index contributed by atoms with van der Waals surface area (Å²) >= 11 is 0. The molecule has 0 aliphatic carbocycles. The Morgan fingerprint density at radius 3 is 2.43 bits per heavy atom. The van der Waals surface area contributed by atoms with Crippen molar-refractivity contribution in [1.82, 2.24) is 30.9 Å².